The largest absolute Gasteiger partial charge is 0.265 e. The molecule has 0 saturated heterocycles. The first-order valence-corrected chi connectivity index (χ1v) is 15.9. The molecule has 0 radical (unpaired) electrons. The number of benzene rings is 3. The smallest absolute Gasteiger partial charge is 0.0273 e. The molecule has 43 heavy (non-hydrogen) atoms. The number of rotatable bonds is 6. The van der Waals surface area contributed by atoms with Crippen LogP contribution in [0.3, 0.4) is 0 Å². The van der Waals surface area contributed by atoms with E-state index in [-0.39, 0.29) is 0 Å². The Morgan fingerprint density at radius 2 is 1.51 bits per heavy atom. The minimum atomic E-state index is 0.399. The van der Waals surface area contributed by atoms with E-state index in [0.717, 1.165) is 6.42 Å². The fraction of sp³-hybridized carbons (Fsp3) is 0.214. The van der Waals surface area contributed by atoms with Crippen molar-refractivity contribution in [2.45, 2.75) is 39.5 Å². The lowest BCUT2D eigenvalue weighted by molar-refractivity contribution is 0.344. The molecular weight excluding hydrogens is 518 g/mol. The maximum Gasteiger partial charge on any atom is 0.0273 e. The van der Waals surface area contributed by atoms with Gasteiger partial charge in [0.15, 0.2) is 0 Å². The Morgan fingerprint density at radius 1 is 0.791 bits per heavy atom. The molecular formula is C42H39N. The fourth-order valence-electron chi connectivity index (χ4n) is 7.74. The van der Waals surface area contributed by atoms with Crippen LogP contribution in [0.1, 0.15) is 45.1 Å². The zero-order valence-corrected chi connectivity index (χ0v) is 25.2. The quantitative estimate of drug-likeness (QED) is 0.215. The van der Waals surface area contributed by atoms with Gasteiger partial charge >= 0.3 is 0 Å². The average Bonchev–Trinajstić information content (AvgIpc) is 3.08. The Kier molecular flexibility index (Phi) is 7.64. The summed E-state index contributed by atoms with van der Waals surface area (Å²) in [5.74, 6) is 1.50. The maximum atomic E-state index is 4.17. The number of aromatic nitrogens is 1. The second-order valence-electron chi connectivity index (χ2n) is 12.0. The predicted octanol–water partition coefficient (Wildman–Crippen LogP) is 11.3. The Hall–Kier alpha value is -4.49. The summed E-state index contributed by atoms with van der Waals surface area (Å²) in [6, 6.07) is 26.8. The molecule has 3 unspecified atom stereocenters. The molecule has 3 aliphatic carbocycles. The molecule has 0 aliphatic heterocycles. The van der Waals surface area contributed by atoms with Crippen LogP contribution >= 0.6 is 0 Å². The summed E-state index contributed by atoms with van der Waals surface area (Å²) >= 11 is 0. The molecule has 1 heterocycles. The van der Waals surface area contributed by atoms with Crippen molar-refractivity contribution in [3.05, 3.63) is 156 Å². The number of nitrogens with zero attached hydrogens (tertiary/aromatic N) is 1. The molecule has 7 rings (SSSR count). The topological polar surface area (TPSA) is 12.9 Å². The van der Waals surface area contributed by atoms with E-state index in [1.165, 1.54) is 74.6 Å². The summed E-state index contributed by atoms with van der Waals surface area (Å²) < 4.78 is 0. The number of hydrogen-bond acceptors (Lipinski definition) is 1. The molecule has 1 aromatic heterocycles. The van der Waals surface area contributed by atoms with Gasteiger partial charge in [-0.15, -0.1) is 0 Å². The van der Waals surface area contributed by atoms with Crippen LogP contribution in [0.2, 0.25) is 0 Å². The van der Waals surface area contributed by atoms with E-state index in [2.05, 4.69) is 140 Å². The standard InChI is InChI=1S/C42H39N/c1-3-12-37-33(4-2)41(32-13-6-5-7-14-32)38-17-10-11-18-39(38)42(37)40-24-23-34(35-15-8-9-16-36(35)40)31-21-19-29(20-22-31)30-25-27-43-28-26-30/h3,6,8-13,15-28,32,38,41H,4-5,7,14H2,1-2H3/b12-3-. The summed E-state index contributed by atoms with van der Waals surface area (Å²) in [7, 11) is 0. The van der Waals surface area contributed by atoms with Gasteiger partial charge in [-0.3, -0.25) is 4.98 Å². The molecule has 0 N–H and O–H groups in total. The Bertz CT molecular complexity index is 1830. The monoisotopic (exact) mass is 557 g/mol. The number of pyridine rings is 1. The molecule has 3 aliphatic rings. The van der Waals surface area contributed by atoms with Crippen molar-refractivity contribution in [2.75, 3.05) is 0 Å². The zero-order chi connectivity index (χ0) is 29.2. The number of hydrogen-bond donors (Lipinski definition) is 0. The molecule has 0 bridgehead atoms. The summed E-state index contributed by atoms with van der Waals surface area (Å²) in [5, 5.41) is 2.61. The van der Waals surface area contributed by atoms with Crippen LogP contribution in [0.5, 0.6) is 0 Å². The van der Waals surface area contributed by atoms with E-state index in [4.69, 9.17) is 0 Å². The third kappa shape index (κ3) is 4.97. The zero-order valence-electron chi connectivity index (χ0n) is 25.2. The van der Waals surface area contributed by atoms with Crippen LogP contribution in [-0.2, 0) is 0 Å². The van der Waals surface area contributed by atoms with Gasteiger partial charge in [0, 0.05) is 18.3 Å². The van der Waals surface area contributed by atoms with Crippen LogP contribution in [0, 0.1) is 17.8 Å². The van der Waals surface area contributed by atoms with E-state index < -0.39 is 0 Å². The summed E-state index contributed by atoms with van der Waals surface area (Å²) in [4.78, 5) is 4.17. The molecule has 3 atom stereocenters. The lowest BCUT2D eigenvalue weighted by Gasteiger charge is -2.41. The highest BCUT2D eigenvalue weighted by Gasteiger charge is 2.38. The molecule has 0 amide bonds. The van der Waals surface area contributed by atoms with Crippen LogP contribution in [0.15, 0.2) is 151 Å². The van der Waals surface area contributed by atoms with Gasteiger partial charge < -0.3 is 0 Å². The van der Waals surface area contributed by atoms with Gasteiger partial charge in [-0.25, -0.2) is 0 Å². The number of fused-ring (bicyclic) bond motifs is 2. The Balaban J connectivity index is 1.40. The maximum absolute atomic E-state index is 4.17. The highest BCUT2D eigenvalue weighted by atomic mass is 14.6. The van der Waals surface area contributed by atoms with Crippen LogP contribution in [0.4, 0.5) is 0 Å². The second kappa shape index (κ2) is 12.0. The lowest BCUT2D eigenvalue weighted by Crippen LogP contribution is -2.30. The normalized spacial score (nSPS) is 21.7. The van der Waals surface area contributed by atoms with Gasteiger partial charge in [0.25, 0.3) is 0 Å². The van der Waals surface area contributed by atoms with E-state index in [1.54, 1.807) is 5.57 Å². The SMILES string of the molecule is C/C=C\C1=C(CC)C(C2C=CCCC2)C2C=CC=CC2=C1c1ccc(-c2ccc(-c3ccncc3)cc2)c2ccccc12. The Labute approximate surface area is 256 Å². The van der Waals surface area contributed by atoms with Crippen molar-refractivity contribution in [3.63, 3.8) is 0 Å². The van der Waals surface area contributed by atoms with E-state index in [1.807, 2.05) is 12.4 Å². The van der Waals surface area contributed by atoms with Gasteiger partial charge in [0.1, 0.15) is 0 Å². The van der Waals surface area contributed by atoms with Crippen LogP contribution in [0.25, 0.3) is 38.6 Å². The van der Waals surface area contributed by atoms with E-state index >= 15 is 0 Å². The molecule has 1 heteroatoms. The van der Waals surface area contributed by atoms with Crippen LogP contribution < -0.4 is 0 Å². The minimum absolute atomic E-state index is 0.399. The average molecular weight is 558 g/mol. The minimum Gasteiger partial charge on any atom is -0.265 e. The van der Waals surface area contributed by atoms with Crippen molar-refractivity contribution in [2.24, 2.45) is 17.8 Å². The van der Waals surface area contributed by atoms with Crippen molar-refractivity contribution < 1.29 is 0 Å². The van der Waals surface area contributed by atoms with E-state index in [0.29, 0.717) is 17.8 Å². The van der Waals surface area contributed by atoms with Crippen molar-refractivity contribution in [1.82, 2.24) is 4.98 Å². The van der Waals surface area contributed by atoms with Crippen molar-refractivity contribution in [1.29, 1.82) is 0 Å². The molecule has 4 aromatic rings. The van der Waals surface area contributed by atoms with Gasteiger partial charge in [-0.1, -0.05) is 122 Å². The lowest BCUT2D eigenvalue weighted by atomic mass is 9.62. The first-order chi connectivity index (χ1) is 21.3. The highest BCUT2D eigenvalue weighted by Crippen LogP contribution is 2.52. The first-order valence-electron chi connectivity index (χ1n) is 15.9. The second-order valence-corrected chi connectivity index (χ2v) is 12.0. The van der Waals surface area contributed by atoms with Gasteiger partial charge in [-0.2, -0.15) is 0 Å². The number of allylic oxidation sites excluding steroid dienone is 12. The molecule has 3 aromatic carbocycles. The highest BCUT2D eigenvalue weighted by molar-refractivity contribution is 6.06. The van der Waals surface area contributed by atoms with E-state index in [9.17, 15) is 0 Å². The third-order valence-electron chi connectivity index (χ3n) is 9.63. The summed E-state index contributed by atoms with van der Waals surface area (Å²) in [6.45, 7) is 4.53. The van der Waals surface area contributed by atoms with Crippen molar-refractivity contribution >= 4 is 16.3 Å². The van der Waals surface area contributed by atoms with Gasteiger partial charge in [-0.05, 0) is 112 Å². The molecule has 0 fully saturated rings. The summed E-state index contributed by atoms with van der Waals surface area (Å²) in [5.41, 5.74) is 12.2. The third-order valence-corrected chi connectivity index (χ3v) is 9.63. The molecule has 212 valence electrons. The summed E-state index contributed by atoms with van der Waals surface area (Å²) in [6.07, 6.45) is 27.5. The fourth-order valence-corrected chi connectivity index (χ4v) is 7.74. The Morgan fingerprint density at radius 3 is 2.23 bits per heavy atom. The molecule has 1 nitrogen and oxygen atoms in total. The van der Waals surface area contributed by atoms with Gasteiger partial charge in [0.05, 0.1) is 0 Å². The van der Waals surface area contributed by atoms with Crippen LogP contribution in [-0.4, -0.2) is 4.98 Å². The molecule has 0 spiro atoms. The van der Waals surface area contributed by atoms with Gasteiger partial charge in [0.2, 0.25) is 0 Å². The predicted molar refractivity (Wildman–Crippen MR) is 183 cm³/mol. The molecule has 0 saturated carbocycles. The first kappa shape index (κ1) is 27.3. The van der Waals surface area contributed by atoms with Crippen molar-refractivity contribution in [3.8, 4) is 22.3 Å².